The summed E-state index contributed by atoms with van der Waals surface area (Å²) >= 11 is 3.34. The number of halogens is 1. The van der Waals surface area contributed by atoms with Crippen molar-refractivity contribution in [1.82, 2.24) is 9.97 Å². The summed E-state index contributed by atoms with van der Waals surface area (Å²) < 4.78 is 5.93. The van der Waals surface area contributed by atoms with E-state index in [1.807, 2.05) is 13.8 Å². The Hall–Kier alpha value is -1.37. The van der Waals surface area contributed by atoms with Crippen molar-refractivity contribution in [3.05, 3.63) is 16.5 Å². The molecule has 2 N–H and O–H groups in total. The van der Waals surface area contributed by atoms with Crippen molar-refractivity contribution in [2.75, 3.05) is 18.0 Å². The van der Waals surface area contributed by atoms with Gasteiger partial charge in [0.15, 0.2) is 0 Å². The van der Waals surface area contributed by atoms with Crippen molar-refractivity contribution >= 4 is 27.8 Å². The highest BCUT2D eigenvalue weighted by Gasteiger charge is 2.33. The van der Waals surface area contributed by atoms with Gasteiger partial charge in [-0.25, -0.2) is 14.8 Å². The highest BCUT2D eigenvalue weighted by molar-refractivity contribution is 9.10. The molecule has 7 heteroatoms. The molecule has 6 nitrogen and oxygen atoms in total. The van der Waals surface area contributed by atoms with Crippen LogP contribution in [0, 0.1) is 6.92 Å². The Morgan fingerprint density at radius 1 is 1.53 bits per heavy atom. The van der Waals surface area contributed by atoms with Gasteiger partial charge in [-0.3, -0.25) is 0 Å². The van der Waals surface area contributed by atoms with Gasteiger partial charge in [-0.1, -0.05) is 0 Å². The Kier molecular flexibility index (Phi) is 3.93. The van der Waals surface area contributed by atoms with Crippen molar-refractivity contribution in [1.29, 1.82) is 0 Å². The van der Waals surface area contributed by atoms with Crippen LogP contribution in [0.2, 0.25) is 0 Å². The zero-order chi connectivity index (χ0) is 14.0. The molecular weight excluding hydrogens is 312 g/mol. The maximum absolute atomic E-state index is 10.9. The number of anilines is 1. The normalized spacial score (nSPS) is 18.2. The maximum atomic E-state index is 10.9. The molecule has 0 spiro atoms. The molecule has 1 aromatic rings. The number of hydrogen-bond acceptors (Lipinski definition) is 5. The summed E-state index contributed by atoms with van der Waals surface area (Å²) in [5.41, 5.74) is 5.48. The second kappa shape index (κ2) is 5.32. The molecule has 1 saturated heterocycles. The maximum Gasteiger partial charge on any atom is 0.405 e. The molecule has 0 radical (unpaired) electrons. The number of carbonyl (C=O) groups is 1. The summed E-state index contributed by atoms with van der Waals surface area (Å²) in [7, 11) is 0. The third-order valence-corrected chi connectivity index (χ3v) is 4.14. The fraction of sp³-hybridized carbons (Fsp3) is 0.583. The molecule has 1 amide bonds. The van der Waals surface area contributed by atoms with E-state index in [1.165, 1.54) is 0 Å². The number of carbonyl (C=O) groups excluding carboxylic acids is 1. The van der Waals surface area contributed by atoms with Crippen LogP contribution in [0.1, 0.15) is 25.5 Å². The summed E-state index contributed by atoms with van der Waals surface area (Å²) in [4.78, 5) is 21.7. The number of aromatic nitrogens is 2. The van der Waals surface area contributed by atoms with E-state index in [2.05, 4.69) is 30.8 Å². The topological polar surface area (TPSA) is 81.3 Å². The van der Waals surface area contributed by atoms with Crippen LogP contribution in [0.3, 0.4) is 0 Å². The molecule has 1 aromatic heterocycles. The van der Waals surface area contributed by atoms with Gasteiger partial charge in [0, 0.05) is 25.9 Å². The van der Waals surface area contributed by atoms with E-state index in [0.717, 1.165) is 42.0 Å². The predicted molar refractivity (Wildman–Crippen MR) is 75.0 cm³/mol. The lowest BCUT2D eigenvalue weighted by Crippen LogP contribution is -2.46. The first-order chi connectivity index (χ1) is 8.89. The van der Waals surface area contributed by atoms with Crippen LogP contribution in [0.5, 0.6) is 0 Å². The average Bonchev–Trinajstić information content (AvgIpc) is 2.32. The third kappa shape index (κ3) is 3.34. The van der Waals surface area contributed by atoms with E-state index in [0.29, 0.717) is 0 Å². The molecule has 0 atom stereocenters. The lowest BCUT2D eigenvalue weighted by molar-refractivity contribution is 0.0126. The first kappa shape index (κ1) is 14.0. The zero-order valence-corrected chi connectivity index (χ0v) is 12.6. The molecule has 0 unspecified atom stereocenters. The van der Waals surface area contributed by atoms with Crippen molar-refractivity contribution in [3.8, 4) is 0 Å². The summed E-state index contributed by atoms with van der Waals surface area (Å²) in [5, 5.41) is 0. The van der Waals surface area contributed by atoms with Gasteiger partial charge in [-0.05, 0) is 29.8 Å². The second-order valence-electron chi connectivity index (χ2n) is 4.96. The summed E-state index contributed by atoms with van der Waals surface area (Å²) in [5.74, 6) is 0.849. The number of nitrogens with two attached hydrogens (primary N) is 1. The predicted octanol–water partition coefficient (Wildman–Crippen LogP) is 2.00. The standard InChI is InChI=1S/C12H17BrN4O2/c1-8-10(13)15-7-9(16-8)17-5-3-12(2,4-6-17)19-11(14)18/h7H,3-6H2,1-2H3,(H2,14,18). The van der Waals surface area contributed by atoms with E-state index in [4.69, 9.17) is 10.5 Å². The first-order valence-electron chi connectivity index (χ1n) is 6.12. The van der Waals surface area contributed by atoms with Crippen LogP contribution >= 0.6 is 15.9 Å². The monoisotopic (exact) mass is 328 g/mol. The zero-order valence-electron chi connectivity index (χ0n) is 11.0. The molecule has 0 bridgehead atoms. The van der Waals surface area contributed by atoms with E-state index < -0.39 is 11.7 Å². The minimum atomic E-state index is -0.713. The number of primary amides is 1. The number of amides is 1. The van der Waals surface area contributed by atoms with Gasteiger partial charge in [0.25, 0.3) is 0 Å². The van der Waals surface area contributed by atoms with Crippen LogP contribution in [-0.2, 0) is 4.74 Å². The van der Waals surface area contributed by atoms with Crippen molar-refractivity contribution in [2.24, 2.45) is 5.73 Å². The molecule has 1 aliphatic heterocycles. The van der Waals surface area contributed by atoms with E-state index in [9.17, 15) is 4.79 Å². The smallest absolute Gasteiger partial charge is 0.405 e. The number of nitrogens with zero attached hydrogens (tertiary/aromatic N) is 3. The lowest BCUT2D eigenvalue weighted by atomic mass is 9.93. The van der Waals surface area contributed by atoms with Crippen LogP contribution < -0.4 is 10.6 Å². The molecule has 2 rings (SSSR count). The quantitative estimate of drug-likeness (QED) is 0.897. The van der Waals surface area contributed by atoms with Crippen molar-refractivity contribution in [3.63, 3.8) is 0 Å². The fourth-order valence-corrected chi connectivity index (χ4v) is 2.35. The molecule has 19 heavy (non-hydrogen) atoms. The Labute approximate surface area is 120 Å². The minimum absolute atomic E-state index is 0.472. The summed E-state index contributed by atoms with van der Waals surface area (Å²) in [6, 6.07) is 0. The molecular formula is C12H17BrN4O2. The Balaban J connectivity index is 2.03. The highest BCUT2D eigenvalue weighted by atomic mass is 79.9. The molecule has 0 aromatic carbocycles. The van der Waals surface area contributed by atoms with Gasteiger partial charge >= 0.3 is 6.09 Å². The van der Waals surface area contributed by atoms with Gasteiger partial charge < -0.3 is 15.4 Å². The van der Waals surface area contributed by atoms with Gasteiger partial charge in [-0.2, -0.15) is 0 Å². The fourth-order valence-electron chi connectivity index (χ4n) is 2.16. The van der Waals surface area contributed by atoms with Crippen LogP contribution in [0.4, 0.5) is 10.6 Å². The first-order valence-corrected chi connectivity index (χ1v) is 6.91. The average molecular weight is 329 g/mol. The molecule has 0 aliphatic carbocycles. The Morgan fingerprint density at radius 3 is 2.68 bits per heavy atom. The number of rotatable bonds is 2. The number of ether oxygens (including phenoxy) is 1. The van der Waals surface area contributed by atoms with Crippen LogP contribution in [-0.4, -0.2) is 34.8 Å². The lowest BCUT2D eigenvalue weighted by Gasteiger charge is -2.38. The third-order valence-electron chi connectivity index (χ3n) is 3.37. The minimum Gasteiger partial charge on any atom is -0.443 e. The molecule has 1 aliphatic rings. The van der Waals surface area contributed by atoms with Gasteiger partial charge in [-0.15, -0.1) is 0 Å². The summed E-state index contributed by atoms with van der Waals surface area (Å²) in [6.07, 6.45) is 2.49. The molecule has 104 valence electrons. The number of piperidine rings is 1. The van der Waals surface area contributed by atoms with E-state index in [1.54, 1.807) is 6.20 Å². The van der Waals surface area contributed by atoms with E-state index in [-0.39, 0.29) is 0 Å². The number of aryl methyl sites for hydroxylation is 1. The van der Waals surface area contributed by atoms with Gasteiger partial charge in [0.05, 0.1) is 11.9 Å². The highest BCUT2D eigenvalue weighted by Crippen LogP contribution is 2.28. The van der Waals surface area contributed by atoms with E-state index >= 15 is 0 Å². The largest absolute Gasteiger partial charge is 0.443 e. The molecule has 2 heterocycles. The van der Waals surface area contributed by atoms with Crippen molar-refractivity contribution < 1.29 is 9.53 Å². The SMILES string of the molecule is Cc1nc(N2CCC(C)(OC(N)=O)CC2)cnc1Br. The van der Waals surface area contributed by atoms with Crippen molar-refractivity contribution in [2.45, 2.75) is 32.3 Å². The number of hydrogen-bond donors (Lipinski definition) is 1. The molecule has 1 fully saturated rings. The Bertz CT molecular complexity index is 487. The van der Waals surface area contributed by atoms with Crippen LogP contribution in [0.15, 0.2) is 10.8 Å². The van der Waals surface area contributed by atoms with Gasteiger partial charge in [0.1, 0.15) is 16.0 Å². The molecule has 0 saturated carbocycles. The Morgan fingerprint density at radius 2 is 2.16 bits per heavy atom. The van der Waals surface area contributed by atoms with Gasteiger partial charge in [0.2, 0.25) is 0 Å². The summed E-state index contributed by atoms with van der Waals surface area (Å²) in [6.45, 7) is 5.34. The van der Waals surface area contributed by atoms with Crippen LogP contribution in [0.25, 0.3) is 0 Å². The second-order valence-corrected chi connectivity index (χ2v) is 5.71.